The SMILES string of the molecule is CCOC(=O)C1CNCC(C(F)(F)C(F)(F)F)C1. The second kappa shape index (κ2) is 5.38. The van der Waals surface area contributed by atoms with Crippen LogP contribution in [0.25, 0.3) is 0 Å². The summed E-state index contributed by atoms with van der Waals surface area (Å²) in [5.41, 5.74) is 0. The van der Waals surface area contributed by atoms with Crippen molar-refractivity contribution in [3.05, 3.63) is 0 Å². The van der Waals surface area contributed by atoms with Crippen molar-refractivity contribution >= 4 is 5.97 Å². The number of esters is 1. The van der Waals surface area contributed by atoms with Gasteiger partial charge in [-0.25, -0.2) is 0 Å². The van der Waals surface area contributed by atoms with Gasteiger partial charge in [0.1, 0.15) is 0 Å². The lowest BCUT2D eigenvalue weighted by atomic mass is 9.86. The number of halogens is 5. The van der Waals surface area contributed by atoms with E-state index in [0.717, 1.165) is 0 Å². The lowest BCUT2D eigenvalue weighted by Crippen LogP contribution is -2.52. The summed E-state index contributed by atoms with van der Waals surface area (Å²) in [6.45, 7) is 1.19. The first-order valence-corrected chi connectivity index (χ1v) is 5.52. The lowest BCUT2D eigenvalue weighted by molar-refractivity contribution is -0.305. The molecule has 0 aromatic rings. The smallest absolute Gasteiger partial charge is 0.453 e. The minimum Gasteiger partial charge on any atom is -0.466 e. The van der Waals surface area contributed by atoms with Gasteiger partial charge in [0.25, 0.3) is 0 Å². The molecule has 8 heteroatoms. The molecule has 0 bridgehead atoms. The van der Waals surface area contributed by atoms with Crippen molar-refractivity contribution < 1.29 is 31.5 Å². The van der Waals surface area contributed by atoms with Crippen LogP contribution < -0.4 is 5.32 Å². The van der Waals surface area contributed by atoms with Crippen LogP contribution in [0.5, 0.6) is 0 Å². The number of rotatable bonds is 3. The van der Waals surface area contributed by atoms with Gasteiger partial charge in [-0.05, 0) is 13.3 Å². The van der Waals surface area contributed by atoms with Crippen molar-refractivity contribution in [2.45, 2.75) is 25.4 Å². The quantitative estimate of drug-likeness (QED) is 0.632. The fraction of sp³-hybridized carbons (Fsp3) is 0.900. The van der Waals surface area contributed by atoms with E-state index in [1.807, 2.05) is 0 Å². The molecule has 1 aliphatic heterocycles. The topological polar surface area (TPSA) is 38.3 Å². The highest BCUT2D eigenvalue weighted by Crippen LogP contribution is 2.44. The van der Waals surface area contributed by atoms with Crippen molar-refractivity contribution in [2.75, 3.05) is 19.7 Å². The number of piperidine rings is 1. The highest BCUT2D eigenvalue weighted by atomic mass is 19.4. The van der Waals surface area contributed by atoms with Gasteiger partial charge in [0, 0.05) is 19.0 Å². The van der Waals surface area contributed by atoms with Gasteiger partial charge in [-0.3, -0.25) is 4.79 Å². The maximum Gasteiger partial charge on any atom is 0.453 e. The van der Waals surface area contributed by atoms with E-state index in [1.54, 1.807) is 0 Å². The molecule has 1 heterocycles. The molecule has 0 aliphatic carbocycles. The summed E-state index contributed by atoms with van der Waals surface area (Å²) in [7, 11) is 0. The summed E-state index contributed by atoms with van der Waals surface area (Å²) < 4.78 is 67.5. The molecule has 0 amide bonds. The first-order valence-electron chi connectivity index (χ1n) is 5.52. The molecule has 106 valence electrons. The highest BCUT2D eigenvalue weighted by molar-refractivity contribution is 5.72. The first-order chi connectivity index (χ1) is 8.20. The summed E-state index contributed by atoms with van der Waals surface area (Å²) in [5.74, 6) is -8.45. The monoisotopic (exact) mass is 275 g/mol. The van der Waals surface area contributed by atoms with E-state index in [2.05, 4.69) is 10.1 Å². The normalized spacial score (nSPS) is 25.9. The Bertz CT molecular complexity index is 305. The van der Waals surface area contributed by atoms with Crippen LogP contribution in [0.1, 0.15) is 13.3 Å². The Balaban J connectivity index is 2.72. The Kier molecular flexibility index (Phi) is 4.52. The number of hydrogen-bond donors (Lipinski definition) is 1. The standard InChI is InChI=1S/C10H14F5NO2/c1-2-18-8(17)6-3-7(5-16-4-6)9(11,12)10(13,14)15/h6-7,16H,2-5H2,1H3. The van der Waals surface area contributed by atoms with Gasteiger partial charge < -0.3 is 10.1 Å². The predicted octanol–water partition coefficient (Wildman–Crippen LogP) is 1.97. The van der Waals surface area contributed by atoms with Crippen molar-refractivity contribution in [2.24, 2.45) is 11.8 Å². The van der Waals surface area contributed by atoms with Crippen LogP contribution in [0.3, 0.4) is 0 Å². The van der Waals surface area contributed by atoms with Crippen LogP contribution in [0.15, 0.2) is 0 Å². The zero-order valence-corrected chi connectivity index (χ0v) is 9.69. The molecule has 0 saturated carbocycles. The van der Waals surface area contributed by atoms with E-state index in [-0.39, 0.29) is 13.2 Å². The minimum absolute atomic E-state index is 0.0588. The number of hydrogen-bond acceptors (Lipinski definition) is 3. The molecule has 3 nitrogen and oxygen atoms in total. The van der Waals surface area contributed by atoms with Gasteiger partial charge in [0.15, 0.2) is 0 Å². The van der Waals surface area contributed by atoms with Crippen LogP contribution in [-0.4, -0.2) is 37.8 Å². The van der Waals surface area contributed by atoms with Crippen LogP contribution in [0, 0.1) is 11.8 Å². The number of carbonyl (C=O) groups is 1. The average molecular weight is 275 g/mol. The van der Waals surface area contributed by atoms with E-state index in [1.165, 1.54) is 6.92 Å². The van der Waals surface area contributed by atoms with E-state index in [0.29, 0.717) is 0 Å². The summed E-state index contributed by atoms with van der Waals surface area (Å²) in [6.07, 6.45) is -6.13. The zero-order chi connectivity index (χ0) is 14.0. The largest absolute Gasteiger partial charge is 0.466 e. The second-order valence-corrected chi connectivity index (χ2v) is 4.16. The van der Waals surface area contributed by atoms with Crippen LogP contribution in [-0.2, 0) is 9.53 Å². The molecule has 0 aromatic heterocycles. The van der Waals surface area contributed by atoms with Crippen LogP contribution in [0.2, 0.25) is 0 Å². The maximum atomic E-state index is 13.1. The Hall–Kier alpha value is -0.920. The van der Waals surface area contributed by atoms with Gasteiger partial charge in [0.2, 0.25) is 0 Å². The van der Waals surface area contributed by atoms with Gasteiger partial charge in [-0.15, -0.1) is 0 Å². The fourth-order valence-electron chi connectivity index (χ4n) is 1.89. The number of ether oxygens (including phenoxy) is 1. The molecule has 1 N–H and O–H groups in total. The molecule has 1 rings (SSSR count). The zero-order valence-electron chi connectivity index (χ0n) is 9.69. The van der Waals surface area contributed by atoms with E-state index >= 15 is 0 Å². The number of alkyl halides is 5. The molecular formula is C10H14F5NO2. The highest BCUT2D eigenvalue weighted by Gasteiger charge is 2.62. The third kappa shape index (κ3) is 3.09. The van der Waals surface area contributed by atoms with Crippen molar-refractivity contribution in [1.29, 1.82) is 0 Å². The third-order valence-corrected chi connectivity index (χ3v) is 2.86. The van der Waals surface area contributed by atoms with Gasteiger partial charge in [0.05, 0.1) is 12.5 Å². The third-order valence-electron chi connectivity index (χ3n) is 2.86. The minimum atomic E-state index is -5.60. The Morgan fingerprint density at radius 1 is 1.28 bits per heavy atom. The van der Waals surface area contributed by atoms with E-state index < -0.39 is 42.9 Å². The molecule has 0 radical (unpaired) electrons. The fourth-order valence-corrected chi connectivity index (χ4v) is 1.89. The Morgan fingerprint density at radius 2 is 1.89 bits per heavy atom. The Morgan fingerprint density at radius 3 is 2.39 bits per heavy atom. The van der Waals surface area contributed by atoms with Crippen LogP contribution >= 0.6 is 0 Å². The summed E-state index contributed by atoms with van der Waals surface area (Å²) in [6, 6.07) is 0. The molecule has 1 aliphatic rings. The van der Waals surface area contributed by atoms with Crippen molar-refractivity contribution in [1.82, 2.24) is 5.32 Å². The summed E-state index contributed by atoms with van der Waals surface area (Å²) in [4.78, 5) is 11.3. The molecule has 2 atom stereocenters. The number of nitrogens with one attached hydrogen (secondary N) is 1. The van der Waals surface area contributed by atoms with Gasteiger partial charge in [-0.2, -0.15) is 22.0 Å². The first kappa shape index (κ1) is 15.1. The van der Waals surface area contributed by atoms with Crippen molar-refractivity contribution in [3.8, 4) is 0 Å². The second-order valence-electron chi connectivity index (χ2n) is 4.16. The lowest BCUT2D eigenvalue weighted by Gasteiger charge is -2.34. The summed E-state index contributed by atoms with van der Waals surface area (Å²) >= 11 is 0. The molecule has 1 saturated heterocycles. The van der Waals surface area contributed by atoms with Crippen LogP contribution in [0.4, 0.5) is 22.0 Å². The molecule has 0 spiro atoms. The molecule has 0 aromatic carbocycles. The Labute approximate surface area is 101 Å². The average Bonchev–Trinajstić information content (AvgIpc) is 2.28. The van der Waals surface area contributed by atoms with Crippen molar-refractivity contribution in [3.63, 3.8) is 0 Å². The number of carbonyl (C=O) groups excluding carboxylic acids is 1. The van der Waals surface area contributed by atoms with Gasteiger partial charge >= 0.3 is 18.1 Å². The summed E-state index contributed by atoms with van der Waals surface area (Å²) in [5, 5.41) is 2.42. The molecule has 18 heavy (non-hydrogen) atoms. The predicted molar refractivity (Wildman–Crippen MR) is 52.1 cm³/mol. The van der Waals surface area contributed by atoms with E-state index in [9.17, 15) is 26.7 Å². The molecular weight excluding hydrogens is 261 g/mol. The maximum absolute atomic E-state index is 13.1. The van der Waals surface area contributed by atoms with Gasteiger partial charge in [-0.1, -0.05) is 0 Å². The molecule has 2 unspecified atom stereocenters. The molecule has 1 fully saturated rings. The van der Waals surface area contributed by atoms with E-state index in [4.69, 9.17) is 0 Å².